The largest absolute Gasteiger partial charge is 0.546 e. The lowest BCUT2D eigenvalue weighted by Gasteiger charge is -2.30. The van der Waals surface area contributed by atoms with E-state index in [1.807, 2.05) is 0 Å². The topological polar surface area (TPSA) is 9.23 Å². The van der Waals surface area contributed by atoms with Crippen LogP contribution in [-0.4, -0.2) is 8.32 Å². The fourth-order valence-corrected chi connectivity index (χ4v) is 4.65. The molecule has 1 rings (SSSR count). The van der Waals surface area contributed by atoms with E-state index in [-0.39, 0.29) is 0 Å². The highest BCUT2D eigenvalue weighted by atomic mass is 28.4. The van der Waals surface area contributed by atoms with Gasteiger partial charge in [-0.15, -0.1) is 0 Å². The SMILES string of the molecule is CC[Si](CC)(CC)OC1=C(C)C=CC1. The van der Waals surface area contributed by atoms with E-state index in [0.717, 1.165) is 6.42 Å². The highest BCUT2D eigenvalue weighted by molar-refractivity contribution is 6.73. The van der Waals surface area contributed by atoms with Crippen molar-refractivity contribution >= 4 is 8.32 Å². The molecule has 0 N–H and O–H groups in total. The van der Waals surface area contributed by atoms with Crippen molar-refractivity contribution in [2.75, 3.05) is 0 Å². The maximum atomic E-state index is 6.31. The van der Waals surface area contributed by atoms with E-state index < -0.39 is 8.32 Å². The zero-order chi connectivity index (χ0) is 10.6. The number of allylic oxidation sites excluding steroid dienone is 3. The first-order chi connectivity index (χ1) is 6.67. The van der Waals surface area contributed by atoms with E-state index in [2.05, 4.69) is 39.8 Å². The van der Waals surface area contributed by atoms with E-state index in [0.29, 0.717) is 0 Å². The summed E-state index contributed by atoms with van der Waals surface area (Å²) in [7, 11) is -1.42. The summed E-state index contributed by atoms with van der Waals surface area (Å²) >= 11 is 0. The average Bonchev–Trinajstić information content (AvgIpc) is 2.61. The van der Waals surface area contributed by atoms with E-state index in [1.54, 1.807) is 0 Å². The molecule has 0 spiro atoms. The third kappa shape index (κ3) is 2.29. The molecule has 0 unspecified atom stereocenters. The molecule has 0 saturated heterocycles. The molecule has 1 nitrogen and oxygen atoms in total. The Hall–Kier alpha value is -0.503. The summed E-state index contributed by atoms with van der Waals surface area (Å²) in [5, 5.41) is 0. The van der Waals surface area contributed by atoms with Crippen LogP contribution in [0.3, 0.4) is 0 Å². The first-order valence-electron chi connectivity index (χ1n) is 5.72. The Bertz CT molecular complexity index is 241. The summed E-state index contributed by atoms with van der Waals surface area (Å²) in [6, 6.07) is 3.70. The maximum Gasteiger partial charge on any atom is 0.250 e. The molecule has 0 fully saturated rings. The Morgan fingerprint density at radius 2 is 1.79 bits per heavy atom. The molecule has 0 radical (unpaired) electrons. The summed E-state index contributed by atoms with van der Waals surface area (Å²) in [6.45, 7) is 8.98. The Kier molecular flexibility index (Phi) is 3.99. The highest BCUT2D eigenvalue weighted by Gasteiger charge is 2.31. The second-order valence-electron chi connectivity index (χ2n) is 4.06. The number of hydrogen-bond acceptors (Lipinski definition) is 1. The van der Waals surface area contributed by atoms with Crippen LogP contribution in [0.2, 0.25) is 18.1 Å². The molecule has 0 aromatic carbocycles. The smallest absolute Gasteiger partial charge is 0.250 e. The van der Waals surface area contributed by atoms with Gasteiger partial charge in [-0.05, 0) is 30.6 Å². The van der Waals surface area contributed by atoms with Gasteiger partial charge in [0.05, 0.1) is 5.76 Å². The molecule has 0 atom stereocenters. The maximum absolute atomic E-state index is 6.31. The van der Waals surface area contributed by atoms with Crippen molar-refractivity contribution in [2.45, 2.75) is 52.2 Å². The fourth-order valence-electron chi connectivity index (χ4n) is 1.95. The predicted molar refractivity (Wildman–Crippen MR) is 64.7 cm³/mol. The van der Waals surface area contributed by atoms with E-state index in [4.69, 9.17) is 4.43 Å². The standard InChI is InChI=1S/C12H22OSi/c1-5-14(6-2,7-3)13-12-10-8-9-11(12)4/h8-9H,5-7,10H2,1-4H3. The third-order valence-electron chi connectivity index (χ3n) is 3.38. The van der Waals surface area contributed by atoms with Gasteiger partial charge in [-0.25, -0.2) is 0 Å². The average molecular weight is 210 g/mol. The molecule has 0 saturated carbocycles. The molecule has 1 aliphatic carbocycles. The summed E-state index contributed by atoms with van der Waals surface area (Å²) < 4.78 is 6.31. The van der Waals surface area contributed by atoms with Crippen LogP contribution in [0.5, 0.6) is 0 Å². The predicted octanol–water partition coefficient (Wildman–Crippen LogP) is 4.24. The molecule has 1 aliphatic rings. The van der Waals surface area contributed by atoms with Gasteiger partial charge in [-0.1, -0.05) is 32.9 Å². The lowest BCUT2D eigenvalue weighted by Crippen LogP contribution is -2.35. The van der Waals surface area contributed by atoms with Crippen LogP contribution in [0.25, 0.3) is 0 Å². The van der Waals surface area contributed by atoms with Gasteiger partial charge >= 0.3 is 0 Å². The molecule has 0 amide bonds. The van der Waals surface area contributed by atoms with E-state index >= 15 is 0 Å². The summed E-state index contributed by atoms with van der Waals surface area (Å²) in [5.41, 5.74) is 1.33. The molecule has 0 heterocycles. The van der Waals surface area contributed by atoms with Crippen LogP contribution in [0, 0.1) is 0 Å². The quantitative estimate of drug-likeness (QED) is 0.617. The van der Waals surface area contributed by atoms with Gasteiger partial charge < -0.3 is 4.43 Å². The van der Waals surface area contributed by atoms with Crippen LogP contribution in [0.4, 0.5) is 0 Å². The van der Waals surface area contributed by atoms with Gasteiger partial charge in [0.25, 0.3) is 0 Å². The van der Waals surface area contributed by atoms with Crippen LogP contribution >= 0.6 is 0 Å². The first kappa shape index (κ1) is 11.6. The van der Waals surface area contributed by atoms with Gasteiger partial charge in [0.15, 0.2) is 0 Å². The minimum Gasteiger partial charge on any atom is -0.546 e. The zero-order valence-corrected chi connectivity index (χ0v) is 10.9. The van der Waals surface area contributed by atoms with Crippen LogP contribution in [0.1, 0.15) is 34.1 Å². The lowest BCUT2D eigenvalue weighted by molar-refractivity contribution is 0.394. The highest BCUT2D eigenvalue weighted by Crippen LogP contribution is 2.29. The van der Waals surface area contributed by atoms with Gasteiger partial charge in [-0.2, -0.15) is 0 Å². The Labute approximate surface area is 89.0 Å². The van der Waals surface area contributed by atoms with Crippen LogP contribution < -0.4 is 0 Å². The van der Waals surface area contributed by atoms with Gasteiger partial charge in [-0.3, -0.25) is 0 Å². The van der Waals surface area contributed by atoms with Crippen LogP contribution in [-0.2, 0) is 4.43 Å². The number of rotatable bonds is 5. The molecule has 14 heavy (non-hydrogen) atoms. The van der Waals surface area contributed by atoms with Crippen molar-refractivity contribution in [3.63, 3.8) is 0 Å². The van der Waals surface area contributed by atoms with Gasteiger partial charge in [0.1, 0.15) is 0 Å². The molecule has 2 heteroatoms. The van der Waals surface area contributed by atoms with Crippen molar-refractivity contribution in [3.8, 4) is 0 Å². The van der Waals surface area contributed by atoms with Crippen molar-refractivity contribution in [3.05, 3.63) is 23.5 Å². The Morgan fingerprint density at radius 1 is 1.21 bits per heavy atom. The molecule has 0 aromatic rings. The minimum atomic E-state index is -1.42. The second-order valence-corrected chi connectivity index (χ2v) is 8.75. The van der Waals surface area contributed by atoms with Crippen LogP contribution in [0.15, 0.2) is 23.5 Å². The fraction of sp³-hybridized carbons (Fsp3) is 0.667. The monoisotopic (exact) mass is 210 g/mol. The van der Waals surface area contributed by atoms with Crippen molar-refractivity contribution in [2.24, 2.45) is 0 Å². The second kappa shape index (κ2) is 4.83. The normalized spacial score (nSPS) is 16.6. The van der Waals surface area contributed by atoms with Crippen molar-refractivity contribution in [1.82, 2.24) is 0 Å². The molecule has 80 valence electrons. The zero-order valence-electron chi connectivity index (χ0n) is 9.89. The van der Waals surface area contributed by atoms with Gasteiger partial charge in [0.2, 0.25) is 8.32 Å². The first-order valence-corrected chi connectivity index (χ1v) is 8.25. The number of hydrogen-bond donors (Lipinski definition) is 0. The van der Waals surface area contributed by atoms with Crippen molar-refractivity contribution in [1.29, 1.82) is 0 Å². The molecular formula is C12H22OSi. The van der Waals surface area contributed by atoms with E-state index in [1.165, 1.54) is 29.5 Å². The summed E-state index contributed by atoms with van der Waals surface area (Å²) in [4.78, 5) is 0. The third-order valence-corrected chi connectivity index (χ3v) is 7.93. The van der Waals surface area contributed by atoms with Crippen molar-refractivity contribution < 1.29 is 4.43 Å². The summed E-state index contributed by atoms with van der Waals surface area (Å²) in [5.74, 6) is 1.24. The molecular weight excluding hydrogens is 188 g/mol. The molecule has 0 aromatic heterocycles. The Morgan fingerprint density at radius 3 is 2.14 bits per heavy atom. The molecule has 0 aliphatic heterocycles. The van der Waals surface area contributed by atoms with E-state index in [9.17, 15) is 0 Å². The summed E-state index contributed by atoms with van der Waals surface area (Å²) in [6.07, 6.45) is 5.39. The lowest BCUT2D eigenvalue weighted by atomic mass is 10.3. The van der Waals surface area contributed by atoms with Gasteiger partial charge in [0, 0.05) is 6.42 Å². The minimum absolute atomic E-state index is 1.01. The Balaban J connectivity index is 2.70. The molecule has 0 bridgehead atoms.